The molecule has 0 aliphatic heterocycles. The molecule has 0 radical (unpaired) electrons. The fourth-order valence-electron chi connectivity index (χ4n) is 2.62. The van der Waals surface area contributed by atoms with Gasteiger partial charge in [0.25, 0.3) is 5.56 Å². The van der Waals surface area contributed by atoms with Gasteiger partial charge in [0, 0.05) is 22.5 Å². The first kappa shape index (κ1) is 18.7. The molecule has 0 saturated heterocycles. The summed E-state index contributed by atoms with van der Waals surface area (Å²) in [4.78, 5) is 27.6. The van der Waals surface area contributed by atoms with E-state index in [1.54, 1.807) is 18.2 Å². The van der Waals surface area contributed by atoms with Crippen molar-refractivity contribution in [2.24, 2.45) is 5.10 Å². The van der Waals surface area contributed by atoms with Crippen molar-refractivity contribution in [3.63, 3.8) is 0 Å². The molecule has 0 spiro atoms. The molecule has 0 aliphatic carbocycles. The monoisotopic (exact) mass is 430 g/mol. The molecule has 0 unspecified atom stereocenters. The molecule has 27 heavy (non-hydrogen) atoms. The molecule has 1 aromatic heterocycles. The van der Waals surface area contributed by atoms with E-state index in [9.17, 15) is 20.0 Å². The molecule has 0 atom stereocenters. The van der Waals surface area contributed by atoms with E-state index in [1.807, 2.05) is 6.92 Å². The summed E-state index contributed by atoms with van der Waals surface area (Å²) < 4.78 is 1.90. The first-order valence-corrected chi connectivity index (χ1v) is 8.93. The highest BCUT2D eigenvalue weighted by Crippen LogP contribution is 2.28. The number of benzene rings is 2. The summed E-state index contributed by atoms with van der Waals surface area (Å²) in [6.45, 7) is 1.96. The third-order valence-corrected chi connectivity index (χ3v) is 4.40. The van der Waals surface area contributed by atoms with E-state index in [0.717, 1.165) is 15.6 Å². The smallest absolute Gasteiger partial charge is 0.311 e. The van der Waals surface area contributed by atoms with Gasteiger partial charge in [0.05, 0.1) is 22.0 Å². The molecule has 0 amide bonds. The number of halogens is 1. The minimum atomic E-state index is -0.684. The Balaban J connectivity index is 2.16. The molecule has 8 nitrogen and oxygen atoms in total. The topological polar surface area (TPSA) is 111 Å². The molecular weight excluding hydrogens is 416 g/mol. The van der Waals surface area contributed by atoms with Crippen LogP contribution in [0.1, 0.15) is 24.7 Å². The maximum absolute atomic E-state index is 12.9. The van der Waals surface area contributed by atoms with Gasteiger partial charge in [0.15, 0.2) is 0 Å². The Morgan fingerprint density at radius 3 is 2.85 bits per heavy atom. The van der Waals surface area contributed by atoms with Crippen LogP contribution in [0.3, 0.4) is 0 Å². The summed E-state index contributed by atoms with van der Waals surface area (Å²) in [5.74, 6) is -0.0358. The second-order valence-corrected chi connectivity index (χ2v) is 6.69. The van der Waals surface area contributed by atoms with Crippen LogP contribution in [0.5, 0.6) is 5.75 Å². The molecule has 0 aliphatic rings. The highest BCUT2D eigenvalue weighted by Gasteiger charge is 2.16. The number of phenolic OH excluding ortho intramolecular Hbond substituents is 1. The number of aryl methyl sites for hydroxylation is 1. The second kappa shape index (κ2) is 7.67. The fourth-order valence-corrected chi connectivity index (χ4v) is 2.98. The lowest BCUT2D eigenvalue weighted by Gasteiger charge is -2.08. The zero-order chi connectivity index (χ0) is 19.6. The number of rotatable bonds is 5. The zero-order valence-corrected chi connectivity index (χ0v) is 15.9. The van der Waals surface area contributed by atoms with Crippen molar-refractivity contribution in [2.75, 3.05) is 0 Å². The zero-order valence-electron chi connectivity index (χ0n) is 14.3. The quantitative estimate of drug-likeness (QED) is 0.377. The van der Waals surface area contributed by atoms with E-state index in [-0.39, 0.29) is 11.1 Å². The van der Waals surface area contributed by atoms with E-state index in [4.69, 9.17) is 0 Å². The van der Waals surface area contributed by atoms with E-state index in [0.29, 0.717) is 23.1 Å². The number of hydrogen-bond acceptors (Lipinski definition) is 6. The minimum Gasteiger partial charge on any atom is -0.502 e. The summed E-state index contributed by atoms with van der Waals surface area (Å²) in [5, 5.41) is 25.5. The largest absolute Gasteiger partial charge is 0.502 e. The third-order valence-electron chi connectivity index (χ3n) is 3.90. The van der Waals surface area contributed by atoms with Crippen LogP contribution in [0.2, 0.25) is 0 Å². The molecule has 1 N–H and O–H groups in total. The van der Waals surface area contributed by atoms with Crippen molar-refractivity contribution < 1.29 is 10.0 Å². The second-order valence-electron chi connectivity index (χ2n) is 5.77. The normalized spacial score (nSPS) is 11.3. The summed E-state index contributed by atoms with van der Waals surface area (Å²) >= 11 is 3.34. The van der Waals surface area contributed by atoms with Gasteiger partial charge in [-0.25, -0.2) is 4.98 Å². The van der Waals surface area contributed by atoms with Gasteiger partial charge in [-0.05, 0) is 30.7 Å². The fraction of sp³-hybridized carbons (Fsp3) is 0.167. The molecule has 138 valence electrons. The molecule has 9 heteroatoms. The van der Waals surface area contributed by atoms with E-state index >= 15 is 0 Å². The maximum Gasteiger partial charge on any atom is 0.311 e. The maximum atomic E-state index is 12.9. The predicted octanol–water partition coefficient (Wildman–Crippen LogP) is 3.61. The van der Waals surface area contributed by atoms with Crippen LogP contribution >= 0.6 is 15.9 Å². The van der Waals surface area contributed by atoms with Gasteiger partial charge in [-0.15, -0.1) is 0 Å². The summed E-state index contributed by atoms with van der Waals surface area (Å²) in [7, 11) is 0. The SMILES string of the molecule is CCCc1nc2ccc(Br)cc2c(=O)n1N=Cc1cccc([N+](=O)[O-])c1O. The van der Waals surface area contributed by atoms with Crippen LogP contribution < -0.4 is 5.56 Å². The van der Waals surface area contributed by atoms with E-state index in [2.05, 4.69) is 26.0 Å². The molecular formula is C18H15BrN4O4. The minimum absolute atomic E-state index is 0.132. The third kappa shape index (κ3) is 3.72. The Kier molecular flexibility index (Phi) is 5.31. The number of nitro benzene ring substituents is 1. The van der Waals surface area contributed by atoms with Gasteiger partial charge >= 0.3 is 5.69 Å². The number of para-hydroxylation sites is 1. The highest BCUT2D eigenvalue weighted by molar-refractivity contribution is 9.10. The predicted molar refractivity (Wildman–Crippen MR) is 105 cm³/mol. The number of aromatic nitrogens is 2. The van der Waals surface area contributed by atoms with Gasteiger partial charge < -0.3 is 5.11 Å². The summed E-state index contributed by atoms with van der Waals surface area (Å²) in [6, 6.07) is 9.32. The average Bonchev–Trinajstić information content (AvgIpc) is 2.63. The number of fused-ring (bicyclic) bond motifs is 1. The Morgan fingerprint density at radius 2 is 2.15 bits per heavy atom. The number of phenols is 1. The Labute approximate surface area is 162 Å². The van der Waals surface area contributed by atoms with Crippen molar-refractivity contribution in [1.29, 1.82) is 0 Å². The van der Waals surface area contributed by atoms with Crippen LogP contribution in [0.25, 0.3) is 10.9 Å². The van der Waals surface area contributed by atoms with Crippen molar-refractivity contribution in [3.05, 3.63) is 72.7 Å². The number of nitrogens with zero attached hydrogens (tertiary/aromatic N) is 4. The lowest BCUT2D eigenvalue weighted by molar-refractivity contribution is -0.385. The lowest BCUT2D eigenvalue weighted by atomic mass is 10.2. The van der Waals surface area contributed by atoms with Crippen molar-refractivity contribution in [1.82, 2.24) is 9.66 Å². The Morgan fingerprint density at radius 1 is 1.37 bits per heavy atom. The van der Waals surface area contributed by atoms with E-state index in [1.165, 1.54) is 24.4 Å². The van der Waals surface area contributed by atoms with Crippen LogP contribution in [-0.2, 0) is 6.42 Å². The van der Waals surface area contributed by atoms with E-state index < -0.39 is 16.4 Å². The van der Waals surface area contributed by atoms with Gasteiger partial charge in [0.1, 0.15) is 5.82 Å². The van der Waals surface area contributed by atoms with Crippen LogP contribution in [0.15, 0.2) is 50.8 Å². The number of aromatic hydroxyl groups is 1. The van der Waals surface area contributed by atoms with Gasteiger partial charge in [-0.1, -0.05) is 28.9 Å². The van der Waals surface area contributed by atoms with Gasteiger partial charge in [-0.3, -0.25) is 14.9 Å². The van der Waals surface area contributed by atoms with Crippen LogP contribution in [0.4, 0.5) is 5.69 Å². The number of hydrogen-bond donors (Lipinski definition) is 1. The van der Waals surface area contributed by atoms with Crippen molar-refractivity contribution in [3.8, 4) is 5.75 Å². The first-order chi connectivity index (χ1) is 12.9. The van der Waals surface area contributed by atoms with Crippen LogP contribution in [0, 0.1) is 10.1 Å². The molecule has 0 fully saturated rings. The molecule has 0 saturated carbocycles. The number of nitro groups is 1. The standard InChI is InChI=1S/C18H15BrN4O4/c1-2-4-16-21-14-8-7-12(19)9-13(14)18(25)22(16)20-10-11-5-3-6-15(17(11)24)23(26)27/h3,5-10,24H,2,4H2,1H3. The first-order valence-electron chi connectivity index (χ1n) is 8.14. The van der Waals surface area contributed by atoms with Crippen LogP contribution in [-0.4, -0.2) is 25.9 Å². The lowest BCUT2D eigenvalue weighted by Crippen LogP contribution is -2.22. The molecule has 2 aromatic carbocycles. The summed E-state index contributed by atoms with van der Waals surface area (Å²) in [5.41, 5.74) is -0.0873. The summed E-state index contributed by atoms with van der Waals surface area (Å²) in [6.07, 6.45) is 2.50. The molecule has 1 heterocycles. The average molecular weight is 431 g/mol. The molecule has 3 rings (SSSR count). The van der Waals surface area contributed by atoms with Gasteiger partial charge in [0.2, 0.25) is 5.75 Å². The Bertz CT molecular complexity index is 1120. The van der Waals surface area contributed by atoms with Gasteiger partial charge in [-0.2, -0.15) is 9.78 Å². The Hall–Kier alpha value is -3.07. The van der Waals surface area contributed by atoms with Crippen molar-refractivity contribution >= 4 is 38.7 Å². The molecule has 3 aromatic rings. The highest BCUT2D eigenvalue weighted by atomic mass is 79.9. The molecule has 0 bridgehead atoms. The van der Waals surface area contributed by atoms with Crippen molar-refractivity contribution in [2.45, 2.75) is 19.8 Å².